The summed E-state index contributed by atoms with van der Waals surface area (Å²) < 4.78 is 15.6. The fourth-order valence-electron chi connectivity index (χ4n) is 3.47. The molecule has 22 heavy (non-hydrogen) atoms. The molecule has 0 saturated carbocycles. The lowest BCUT2D eigenvalue weighted by Crippen LogP contribution is -2.61. The van der Waals surface area contributed by atoms with Crippen LogP contribution in [0.4, 0.5) is 4.79 Å². The third-order valence-corrected chi connectivity index (χ3v) is 3.87. The summed E-state index contributed by atoms with van der Waals surface area (Å²) in [5.74, 6) is 0. The maximum atomic E-state index is 10.7. The average Bonchev–Trinajstić information content (AvgIpc) is 2.33. The number of carboxylic acid groups (broad SMARTS) is 1. The van der Waals surface area contributed by atoms with Gasteiger partial charge in [0, 0.05) is 18.2 Å². The summed E-state index contributed by atoms with van der Waals surface area (Å²) in [5, 5.41) is 10.7. The summed E-state index contributed by atoms with van der Waals surface area (Å²) in [7, 11) is 3.18. The molecule has 130 valence electrons. The first-order chi connectivity index (χ1) is 10.1. The first kappa shape index (κ1) is 19.2. The van der Waals surface area contributed by atoms with Crippen molar-refractivity contribution in [2.24, 2.45) is 0 Å². The van der Waals surface area contributed by atoms with Crippen molar-refractivity contribution in [3.63, 3.8) is 0 Å². The molecule has 1 heterocycles. The minimum Gasteiger partial charge on any atom is -0.450 e. The molecule has 1 fully saturated rings. The summed E-state index contributed by atoms with van der Waals surface area (Å²) in [4.78, 5) is 16.2. The van der Waals surface area contributed by atoms with Crippen LogP contribution in [0.3, 0.4) is 0 Å². The normalized spacial score (nSPS) is 23.2. The molecular weight excluding hydrogens is 290 g/mol. The molecule has 1 atom stereocenters. The molecule has 7 nitrogen and oxygen atoms in total. The van der Waals surface area contributed by atoms with Crippen LogP contribution in [-0.2, 0) is 19.0 Å². The second kappa shape index (κ2) is 7.59. The summed E-state index contributed by atoms with van der Waals surface area (Å²) in [5.41, 5.74) is -0.350. The maximum Gasteiger partial charge on any atom is 0.506 e. The quantitative estimate of drug-likeness (QED) is 0.721. The summed E-state index contributed by atoms with van der Waals surface area (Å²) >= 11 is 0. The van der Waals surface area contributed by atoms with Gasteiger partial charge in [-0.2, -0.15) is 5.06 Å². The number of methoxy groups -OCH3 is 1. The smallest absolute Gasteiger partial charge is 0.450 e. The van der Waals surface area contributed by atoms with Gasteiger partial charge in [0.15, 0.2) is 6.10 Å². The van der Waals surface area contributed by atoms with Crippen molar-refractivity contribution in [2.75, 3.05) is 27.4 Å². The highest BCUT2D eigenvalue weighted by Crippen LogP contribution is 2.39. The van der Waals surface area contributed by atoms with Crippen LogP contribution in [0, 0.1) is 0 Å². The van der Waals surface area contributed by atoms with E-state index in [9.17, 15) is 4.79 Å². The zero-order valence-corrected chi connectivity index (χ0v) is 14.4. The van der Waals surface area contributed by atoms with E-state index >= 15 is 0 Å². The van der Waals surface area contributed by atoms with Crippen LogP contribution in [0.2, 0.25) is 0 Å². The van der Waals surface area contributed by atoms with Crippen LogP contribution in [0.25, 0.3) is 0 Å². The molecule has 0 aliphatic carbocycles. The van der Waals surface area contributed by atoms with Crippen LogP contribution >= 0.6 is 0 Å². The summed E-state index contributed by atoms with van der Waals surface area (Å²) in [6.45, 7) is 8.78. The number of hydroxylamine groups is 2. The molecule has 0 aromatic carbocycles. The number of piperidine rings is 1. The Morgan fingerprint density at radius 3 is 2.14 bits per heavy atom. The van der Waals surface area contributed by atoms with Crippen molar-refractivity contribution in [1.29, 1.82) is 0 Å². The van der Waals surface area contributed by atoms with Crippen molar-refractivity contribution in [3.05, 3.63) is 0 Å². The summed E-state index contributed by atoms with van der Waals surface area (Å²) in [6, 6.07) is 0. The second-order valence-electron chi connectivity index (χ2n) is 6.93. The van der Waals surface area contributed by atoms with Crippen molar-refractivity contribution >= 4 is 6.16 Å². The lowest BCUT2D eigenvalue weighted by Gasteiger charge is -2.53. The van der Waals surface area contributed by atoms with Crippen molar-refractivity contribution in [2.45, 2.75) is 63.8 Å². The third kappa shape index (κ3) is 5.08. The van der Waals surface area contributed by atoms with Gasteiger partial charge in [-0.05, 0) is 40.5 Å². The molecule has 7 heteroatoms. The van der Waals surface area contributed by atoms with Crippen LogP contribution < -0.4 is 0 Å². The first-order valence-electron chi connectivity index (χ1n) is 7.47. The van der Waals surface area contributed by atoms with Crippen molar-refractivity contribution in [1.82, 2.24) is 5.06 Å². The number of carbonyl (C=O) groups is 1. The van der Waals surface area contributed by atoms with Gasteiger partial charge in [0.1, 0.15) is 0 Å². The highest BCUT2D eigenvalue weighted by atomic mass is 16.7. The fourth-order valence-corrected chi connectivity index (χ4v) is 3.47. The predicted molar refractivity (Wildman–Crippen MR) is 80.8 cm³/mol. The summed E-state index contributed by atoms with van der Waals surface area (Å²) in [6.07, 6.45) is -0.350. The largest absolute Gasteiger partial charge is 0.506 e. The molecule has 0 spiro atoms. The third-order valence-electron chi connectivity index (χ3n) is 3.87. The fraction of sp³-hybridized carbons (Fsp3) is 0.933. The molecule has 0 radical (unpaired) electrons. The van der Waals surface area contributed by atoms with Gasteiger partial charge in [0.25, 0.3) is 0 Å². The van der Waals surface area contributed by atoms with E-state index in [-0.39, 0.29) is 30.4 Å². The first-order valence-corrected chi connectivity index (χ1v) is 7.47. The molecule has 1 unspecified atom stereocenters. The predicted octanol–water partition coefficient (Wildman–Crippen LogP) is 2.30. The Bertz CT molecular complexity index is 353. The van der Waals surface area contributed by atoms with Gasteiger partial charge in [-0.25, -0.2) is 4.79 Å². The van der Waals surface area contributed by atoms with E-state index in [1.165, 1.54) is 7.11 Å². The van der Waals surface area contributed by atoms with Gasteiger partial charge in [0.2, 0.25) is 0 Å². The van der Waals surface area contributed by atoms with Gasteiger partial charge >= 0.3 is 6.16 Å². The Labute approximate surface area is 132 Å². The van der Waals surface area contributed by atoms with Crippen LogP contribution in [0.15, 0.2) is 0 Å². The van der Waals surface area contributed by atoms with E-state index in [1.54, 1.807) is 7.11 Å². The number of nitrogens with zero attached hydrogens (tertiary/aromatic N) is 1. The zero-order chi connectivity index (χ0) is 17.0. The molecule has 0 bridgehead atoms. The highest BCUT2D eigenvalue weighted by molar-refractivity contribution is 5.57. The second-order valence-corrected chi connectivity index (χ2v) is 6.93. The minimum atomic E-state index is -1.32. The van der Waals surface area contributed by atoms with Gasteiger partial charge in [0.05, 0.1) is 26.4 Å². The average molecular weight is 319 g/mol. The van der Waals surface area contributed by atoms with Gasteiger partial charge in [-0.3, -0.25) is 0 Å². The number of hydrogen-bond acceptors (Lipinski definition) is 6. The van der Waals surface area contributed by atoms with E-state index in [4.69, 9.17) is 24.2 Å². The molecular formula is C15H29NO6. The molecule has 0 aromatic rings. The lowest BCUT2D eigenvalue weighted by molar-refractivity contribution is -0.281. The van der Waals surface area contributed by atoms with E-state index in [2.05, 4.69) is 27.7 Å². The minimum absolute atomic E-state index is 0.00755. The lowest BCUT2D eigenvalue weighted by atomic mass is 9.80. The van der Waals surface area contributed by atoms with E-state index in [0.717, 1.165) is 12.8 Å². The zero-order valence-electron chi connectivity index (χ0n) is 14.4. The molecule has 1 aliphatic rings. The molecule has 0 aromatic heterocycles. The van der Waals surface area contributed by atoms with Crippen LogP contribution in [-0.4, -0.2) is 67.0 Å². The Morgan fingerprint density at radius 2 is 1.73 bits per heavy atom. The number of rotatable bonds is 7. The van der Waals surface area contributed by atoms with E-state index in [1.807, 2.05) is 5.06 Å². The van der Waals surface area contributed by atoms with Crippen molar-refractivity contribution in [3.8, 4) is 0 Å². The van der Waals surface area contributed by atoms with Crippen LogP contribution in [0.1, 0.15) is 40.5 Å². The van der Waals surface area contributed by atoms with Crippen LogP contribution in [0.5, 0.6) is 0 Å². The molecule has 1 aliphatic heterocycles. The van der Waals surface area contributed by atoms with Gasteiger partial charge in [-0.15, -0.1) is 0 Å². The molecule has 1 saturated heterocycles. The Morgan fingerprint density at radius 1 is 1.18 bits per heavy atom. The van der Waals surface area contributed by atoms with E-state index < -0.39 is 12.3 Å². The Balaban J connectivity index is 2.64. The van der Waals surface area contributed by atoms with Gasteiger partial charge < -0.3 is 24.2 Å². The Kier molecular flexibility index (Phi) is 6.61. The molecule has 1 N–H and O–H groups in total. The monoisotopic (exact) mass is 319 g/mol. The van der Waals surface area contributed by atoms with Crippen molar-refractivity contribution < 1.29 is 28.9 Å². The molecule has 1 rings (SSSR count). The number of ether oxygens (including phenoxy) is 3. The number of hydrogen-bond donors (Lipinski definition) is 1. The molecule has 0 amide bonds. The standard InChI is InChI=1S/C15H29NO6/c1-14(2)7-11(8-15(3,4)16(14)20-6)21-10-12(9-19-5)22-13(17)18/h11-12H,7-10H2,1-6H3,(H,17,18). The maximum absolute atomic E-state index is 10.7. The SMILES string of the molecule is COCC(COC1CC(C)(C)N(OC)C(C)(C)C1)OC(=O)O. The highest BCUT2D eigenvalue weighted by Gasteiger charge is 2.46. The Hall–Kier alpha value is -0.890. The van der Waals surface area contributed by atoms with Gasteiger partial charge in [-0.1, -0.05) is 0 Å². The van der Waals surface area contributed by atoms with E-state index in [0.29, 0.717) is 0 Å². The topological polar surface area (TPSA) is 77.5 Å².